The van der Waals surface area contributed by atoms with E-state index in [0.717, 1.165) is 17.3 Å². The summed E-state index contributed by atoms with van der Waals surface area (Å²) < 4.78 is 0. The number of para-hydroxylation sites is 1. The zero-order chi connectivity index (χ0) is 10.7. The number of benzene rings is 1. The fourth-order valence-electron chi connectivity index (χ4n) is 1.69. The van der Waals surface area contributed by atoms with Crippen LogP contribution in [0.4, 0.5) is 0 Å². The fraction of sp³-hybridized carbons (Fsp3) is 0.308. The van der Waals surface area contributed by atoms with Crippen molar-refractivity contribution in [1.82, 2.24) is 4.98 Å². The molecule has 1 heterocycles. The molecule has 0 fully saturated rings. The summed E-state index contributed by atoms with van der Waals surface area (Å²) in [5, 5.41) is 2.27. The molecule has 0 radical (unpaired) electrons. The van der Waals surface area contributed by atoms with Crippen molar-refractivity contribution in [2.24, 2.45) is 5.92 Å². The predicted molar refractivity (Wildman–Crippen MR) is 68.4 cm³/mol. The van der Waals surface area contributed by atoms with Crippen LogP contribution in [0.1, 0.15) is 12.5 Å². The summed E-state index contributed by atoms with van der Waals surface area (Å²) >= 11 is 3.50. The minimum Gasteiger partial charge on any atom is -0.256 e. The van der Waals surface area contributed by atoms with E-state index < -0.39 is 0 Å². The summed E-state index contributed by atoms with van der Waals surface area (Å²) in [5.74, 6) is 0.660. The molecule has 0 bridgehead atoms. The molecule has 2 heteroatoms. The second-order valence-electron chi connectivity index (χ2n) is 4.00. The summed E-state index contributed by atoms with van der Waals surface area (Å²) in [6, 6.07) is 10.5. The Hall–Kier alpha value is -0.890. The Labute approximate surface area is 98.7 Å². The number of rotatable bonds is 3. The highest BCUT2D eigenvalue weighted by atomic mass is 79.9. The van der Waals surface area contributed by atoms with Crippen LogP contribution in [-0.2, 0) is 6.42 Å². The van der Waals surface area contributed by atoms with Crippen LogP contribution in [0.15, 0.2) is 36.5 Å². The lowest BCUT2D eigenvalue weighted by Crippen LogP contribution is -2.00. The quantitative estimate of drug-likeness (QED) is 0.768. The lowest BCUT2D eigenvalue weighted by Gasteiger charge is -2.07. The van der Waals surface area contributed by atoms with E-state index in [9.17, 15) is 0 Å². The van der Waals surface area contributed by atoms with E-state index in [1.807, 2.05) is 18.3 Å². The molecule has 0 aliphatic carbocycles. The van der Waals surface area contributed by atoms with Crippen molar-refractivity contribution >= 4 is 26.8 Å². The van der Waals surface area contributed by atoms with Gasteiger partial charge >= 0.3 is 0 Å². The number of halogens is 1. The van der Waals surface area contributed by atoms with E-state index in [2.05, 4.69) is 46.0 Å². The average molecular weight is 264 g/mol. The molecular weight excluding hydrogens is 250 g/mol. The Morgan fingerprint density at radius 2 is 2.13 bits per heavy atom. The number of aromatic nitrogens is 1. The standard InChI is InChI=1S/C13H14BrN/c1-10(8-14)6-11-7-12-4-2-3-5-13(12)15-9-11/h2-5,7,9-10H,6,8H2,1H3. The highest BCUT2D eigenvalue weighted by Crippen LogP contribution is 2.16. The van der Waals surface area contributed by atoms with Gasteiger partial charge in [0.2, 0.25) is 0 Å². The van der Waals surface area contributed by atoms with Crippen molar-refractivity contribution in [3.05, 3.63) is 42.1 Å². The van der Waals surface area contributed by atoms with Crippen molar-refractivity contribution in [3.63, 3.8) is 0 Å². The largest absolute Gasteiger partial charge is 0.256 e. The number of fused-ring (bicyclic) bond motifs is 1. The van der Waals surface area contributed by atoms with Crippen LogP contribution in [-0.4, -0.2) is 10.3 Å². The summed E-state index contributed by atoms with van der Waals surface area (Å²) in [7, 11) is 0. The van der Waals surface area contributed by atoms with Crippen LogP contribution < -0.4 is 0 Å². The highest BCUT2D eigenvalue weighted by Gasteiger charge is 2.03. The molecule has 1 aromatic heterocycles. The van der Waals surface area contributed by atoms with E-state index in [1.54, 1.807) is 0 Å². The SMILES string of the molecule is CC(CBr)Cc1cnc2ccccc2c1. The molecule has 0 spiro atoms. The minimum absolute atomic E-state index is 0.660. The Kier molecular flexibility index (Phi) is 3.37. The number of alkyl halides is 1. The first-order valence-electron chi connectivity index (χ1n) is 5.19. The smallest absolute Gasteiger partial charge is 0.0702 e. The maximum Gasteiger partial charge on any atom is 0.0702 e. The molecule has 2 aromatic rings. The van der Waals surface area contributed by atoms with E-state index in [0.29, 0.717) is 5.92 Å². The molecule has 0 saturated heterocycles. The van der Waals surface area contributed by atoms with Gasteiger partial charge in [-0.15, -0.1) is 0 Å². The molecule has 2 rings (SSSR count). The topological polar surface area (TPSA) is 12.9 Å². The summed E-state index contributed by atoms with van der Waals surface area (Å²) in [4.78, 5) is 4.45. The molecule has 0 saturated carbocycles. The fourth-order valence-corrected chi connectivity index (χ4v) is 1.91. The molecule has 15 heavy (non-hydrogen) atoms. The van der Waals surface area contributed by atoms with Crippen molar-refractivity contribution in [3.8, 4) is 0 Å². The van der Waals surface area contributed by atoms with Gasteiger partial charge < -0.3 is 0 Å². The van der Waals surface area contributed by atoms with Crippen molar-refractivity contribution in [2.75, 3.05) is 5.33 Å². The van der Waals surface area contributed by atoms with Crippen LogP contribution in [0.3, 0.4) is 0 Å². The first-order valence-corrected chi connectivity index (χ1v) is 6.31. The maximum absolute atomic E-state index is 4.45. The summed E-state index contributed by atoms with van der Waals surface area (Å²) in [6.45, 7) is 2.24. The van der Waals surface area contributed by atoms with Crippen molar-refractivity contribution in [2.45, 2.75) is 13.3 Å². The van der Waals surface area contributed by atoms with Crippen molar-refractivity contribution in [1.29, 1.82) is 0 Å². The van der Waals surface area contributed by atoms with Crippen LogP contribution in [0.2, 0.25) is 0 Å². The van der Waals surface area contributed by atoms with Crippen LogP contribution in [0, 0.1) is 5.92 Å². The third-order valence-electron chi connectivity index (χ3n) is 2.49. The third kappa shape index (κ3) is 2.57. The number of hydrogen-bond donors (Lipinski definition) is 0. The molecule has 0 N–H and O–H groups in total. The molecule has 1 nitrogen and oxygen atoms in total. The van der Waals surface area contributed by atoms with Gasteiger partial charge in [0, 0.05) is 16.9 Å². The van der Waals surface area contributed by atoms with Gasteiger partial charge in [0.1, 0.15) is 0 Å². The van der Waals surface area contributed by atoms with E-state index in [-0.39, 0.29) is 0 Å². The molecule has 0 aliphatic rings. The number of pyridine rings is 1. The molecule has 1 atom stereocenters. The molecule has 0 amide bonds. The van der Waals surface area contributed by atoms with E-state index in [1.165, 1.54) is 10.9 Å². The average Bonchev–Trinajstić information content (AvgIpc) is 2.29. The summed E-state index contributed by atoms with van der Waals surface area (Å²) in [5.41, 5.74) is 2.40. The zero-order valence-corrected chi connectivity index (χ0v) is 10.4. The second kappa shape index (κ2) is 4.75. The first kappa shape index (κ1) is 10.6. The highest BCUT2D eigenvalue weighted by molar-refractivity contribution is 9.09. The predicted octanol–water partition coefficient (Wildman–Crippen LogP) is 3.81. The van der Waals surface area contributed by atoms with E-state index in [4.69, 9.17) is 0 Å². The Morgan fingerprint density at radius 1 is 1.33 bits per heavy atom. The normalized spacial score (nSPS) is 12.9. The van der Waals surface area contributed by atoms with Gasteiger partial charge in [0.15, 0.2) is 0 Å². The van der Waals surface area contributed by atoms with Gasteiger partial charge in [-0.05, 0) is 30.0 Å². The third-order valence-corrected chi connectivity index (χ3v) is 3.60. The molecule has 78 valence electrons. The lowest BCUT2D eigenvalue weighted by atomic mass is 10.0. The molecule has 0 aliphatic heterocycles. The minimum atomic E-state index is 0.660. The molecular formula is C13H14BrN. The molecule has 1 unspecified atom stereocenters. The Morgan fingerprint density at radius 3 is 2.93 bits per heavy atom. The van der Waals surface area contributed by atoms with Crippen LogP contribution >= 0.6 is 15.9 Å². The first-order chi connectivity index (χ1) is 7.29. The Bertz CT molecular complexity index is 453. The van der Waals surface area contributed by atoms with Crippen LogP contribution in [0.5, 0.6) is 0 Å². The lowest BCUT2D eigenvalue weighted by molar-refractivity contribution is 0.662. The van der Waals surface area contributed by atoms with Crippen molar-refractivity contribution < 1.29 is 0 Å². The summed E-state index contributed by atoms with van der Waals surface area (Å²) in [6.07, 6.45) is 3.07. The number of nitrogens with zero attached hydrogens (tertiary/aromatic N) is 1. The van der Waals surface area contributed by atoms with Gasteiger partial charge in [-0.2, -0.15) is 0 Å². The van der Waals surface area contributed by atoms with Crippen LogP contribution in [0.25, 0.3) is 10.9 Å². The van der Waals surface area contributed by atoms with Gasteiger partial charge in [0.25, 0.3) is 0 Å². The zero-order valence-electron chi connectivity index (χ0n) is 8.78. The van der Waals surface area contributed by atoms with Gasteiger partial charge in [-0.1, -0.05) is 41.1 Å². The Balaban J connectivity index is 2.30. The monoisotopic (exact) mass is 263 g/mol. The van der Waals surface area contributed by atoms with Gasteiger partial charge in [0.05, 0.1) is 5.52 Å². The number of hydrogen-bond acceptors (Lipinski definition) is 1. The van der Waals surface area contributed by atoms with Gasteiger partial charge in [-0.25, -0.2) is 0 Å². The van der Waals surface area contributed by atoms with Gasteiger partial charge in [-0.3, -0.25) is 4.98 Å². The maximum atomic E-state index is 4.45. The van der Waals surface area contributed by atoms with E-state index >= 15 is 0 Å². The molecule has 1 aromatic carbocycles. The second-order valence-corrected chi connectivity index (χ2v) is 4.65.